The third kappa shape index (κ3) is 3.28. The first kappa shape index (κ1) is 24.7. The van der Waals surface area contributed by atoms with Gasteiger partial charge in [0.25, 0.3) is 5.91 Å². The molecule has 0 bridgehead atoms. The molecule has 6 heteroatoms. The summed E-state index contributed by atoms with van der Waals surface area (Å²) in [6.07, 6.45) is 3.62. The Kier molecular flexibility index (Phi) is 5.46. The van der Waals surface area contributed by atoms with Crippen LogP contribution in [-0.4, -0.2) is 28.2 Å². The Balaban J connectivity index is 1.48. The van der Waals surface area contributed by atoms with Crippen LogP contribution in [0.15, 0.2) is 95.9 Å². The van der Waals surface area contributed by atoms with Crippen LogP contribution in [0.2, 0.25) is 0 Å². The quantitative estimate of drug-likeness (QED) is 0.353. The molecule has 3 aromatic carbocycles. The molecule has 0 fully saturated rings. The van der Waals surface area contributed by atoms with E-state index in [0.717, 1.165) is 18.4 Å². The van der Waals surface area contributed by atoms with E-state index < -0.39 is 5.54 Å². The van der Waals surface area contributed by atoms with Gasteiger partial charge in [0.05, 0.1) is 0 Å². The predicted octanol–water partition coefficient (Wildman–Crippen LogP) is 5.25. The summed E-state index contributed by atoms with van der Waals surface area (Å²) >= 11 is 0. The zero-order chi connectivity index (χ0) is 27.6. The number of hydrogen-bond acceptors (Lipinski definition) is 4. The highest BCUT2D eigenvalue weighted by Crippen LogP contribution is 2.63. The standard InChI is InChI=1S/C34H33N3O3/c1-23(2)35-22-37(36-18-17-29(38)31(30(36)32(35)39)40-21-24-11-5-4-6-12-24)34-27-15-9-7-13-25(27)19-33(34,3)20-26-14-8-10-16-28(26)34/h4-18,23H,19-22H2,1-3H3. The fraction of sp³-hybridized carbons (Fsp3) is 0.294. The minimum absolute atomic E-state index is 0.0722. The molecule has 2 heterocycles. The van der Waals surface area contributed by atoms with Crippen LogP contribution < -0.4 is 15.2 Å². The molecule has 0 saturated carbocycles. The Hall–Kier alpha value is -4.32. The molecule has 1 amide bonds. The number of nitrogens with zero attached hydrogens (tertiary/aromatic N) is 3. The monoisotopic (exact) mass is 531 g/mol. The molecule has 0 atom stereocenters. The predicted molar refractivity (Wildman–Crippen MR) is 155 cm³/mol. The molecule has 40 heavy (non-hydrogen) atoms. The number of rotatable bonds is 5. The molecule has 0 saturated heterocycles. The molecular weight excluding hydrogens is 498 g/mol. The van der Waals surface area contributed by atoms with Crippen LogP contribution in [0.5, 0.6) is 5.75 Å². The van der Waals surface area contributed by atoms with Gasteiger partial charge in [-0.2, -0.15) is 0 Å². The first-order valence-corrected chi connectivity index (χ1v) is 14.0. The van der Waals surface area contributed by atoms with Gasteiger partial charge >= 0.3 is 0 Å². The number of pyridine rings is 1. The van der Waals surface area contributed by atoms with Gasteiger partial charge in [-0.3, -0.25) is 19.3 Å². The molecule has 1 aliphatic heterocycles. The highest BCUT2D eigenvalue weighted by Gasteiger charge is 2.65. The summed E-state index contributed by atoms with van der Waals surface area (Å²) in [5.74, 6) is -0.0925. The zero-order valence-corrected chi connectivity index (χ0v) is 23.1. The smallest absolute Gasteiger partial charge is 0.278 e. The second-order valence-electron chi connectivity index (χ2n) is 11.8. The van der Waals surface area contributed by atoms with Gasteiger partial charge in [0.15, 0.2) is 11.4 Å². The van der Waals surface area contributed by atoms with Gasteiger partial charge in [0, 0.05) is 23.7 Å². The molecule has 0 spiro atoms. The van der Waals surface area contributed by atoms with Crippen LogP contribution in [0.1, 0.15) is 59.1 Å². The Morgan fingerprint density at radius 3 is 2.05 bits per heavy atom. The molecule has 1 aromatic heterocycles. The third-order valence-corrected chi connectivity index (χ3v) is 9.13. The van der Waals surface area contributed by atoms with Crippen molar-refractivity contribution in [3.8, 4) is 5.75 Å². The molecule has 0 unspecified atom stereocenters. The molecule has 3 aliphatic rings. The second-order valence-corrected chi connectivity index (χ2v) is 11.8. The summed E-state index contributed by atoms with van der Waals surface area (Å²) in [4.78, 5) is 29.3. The van der Waals surface area contributed by atoms with Crippen molar-refractivity contribution in [3.63, 3.8) is 0 Å². The Labute approximate surface area is 234 Å². The molecule has 6 nitrogen and oxygen atoms in total. The normalized spacial score (nSPS) is 22.6. The van der Waals surface area contributed by atoms with Crippen LogP contribution >= 0.6 is 0 Å². The summed E-state index contributed by atoms with van der Waals surface area (Å²) in [5.41, 5.74) is 5.42. The van der Waals surface area contributed by atoms with E-state index in [2.05, 4.69) is 60.5 Å². The number of benzene rings is 3. The Morgan fingerprint density at radius 2 is 1.43 bits per heavy atom. The van der Waals surface area contributed by atoms with Crippen LogP contribution in [0, 0.1) is 5.41 Å². The molecule has 2 aliphatic carbocycles. The van der Waals surface area contributed by atoms with E-state index in [1.54, 1.807) is 6.20 Å². The van der Waals surface area contributed by atoms with Crippen LogP contribution in [0.25, 0.3) is 0 Å². The first-order chi connectivity index (χ1) is 19.3. The minimum Gasteiger partial charge on any atom is -0.482 e. The number of carbonyl (C=O) groups is 1. The van der Waals surface area contributed by atoms with E-state index in [4.69, 9.17) is 4.74 Å². The first-order valence-electron chi connectivity index (χ1n) is 14.0. The van der Waals surface area contributed by atoms with Crippen LogP contribution in [-0.2, 0) is 25.0 Å². The highest BCUT2D eigenvalue weighted by atomic mass is 16.5. The highest BCUT2D eigenvalue weighted by molar-refractivity contribution is 5.96. The fourth-order valence-corrected chi connectivity index (χ4v) is 7.45. The van der Waals surface area contributed by atoms with Crippen LogP contribution in [0.4, 0.5) is 0 Å². The van der Waals surface area contributed by atoms with Crippen molar-refractivity contribution >= 4 is 5.91 Å². The summed E-state index contributed by atoms with van der Waals surface area (Å²) in [5, 5.41) is 2.33. The summed E-state index contributed by atoms with van der Waals surface area (Å²) in [6, 6.07) is 28.6. The lowest BCUT2D eigenvalue weighted by Gasteiger charge is -2.54. The molecule has 0 N–H and O–H groups in total. The van der Waals surface area contributed by atoms with Crippen molar-refractivity contribution in [1.82, 2.24) is 9.58 Å². The zero-order valence-electron chi connectivity index (χ0n) is 23.1. The molecule has 7 rings (SSSR count). The average molecular weight is 532 g/mol. The molecule has 0 radical (unpaired) electrons. The van der Waals surface area contributed by atoms with Gasteiger partial charge in [-0.1, -0.05) is 85.8 Å². The van der Waals surface area contributed by atoms with Gasteiger partial charge in [-0.05, 0) is 54.5 Å². The van der Waals surface area contributed by atoms with Crippen molar-refractivity contribution in [2.75, 3.05) is 11.7 Å². The topological polar surface area (TPSA) is 54.8 Å². The number of ether oxygens (including phenoxy) is 1. The lowest BCUT2D eigenvalue weighted by molar-refractivity contribution is 0.0538. The van der Waals surface area contributed by atoms with E-state index in [1.807, 2.05) is 53.8 Å². The van der Waals surface area contributed by atoms with E-state index >= 15 is 0 Å². The van der Waals surface area contributed by atoms with Crippen LogP contribution in [0.3, 0.4) is 0 Å². The lowest BCUT2D eigenvalue weighted by atomic mass is 9.71. The maximum atomic E-state index is 14.1. The van der Waals surface area contributed by atoms with Crippen molar-refractivity contribution in [3.05, 3.63) is 135 Å². The maximum absolute atomic E-state index is 14.1. The van der Waals surface area contributed by atoms with Crippen molar-refractivity contribution in [1.29, 1.82) is 0 Å². The SMILES string of the molecule is CC(C)N1CN(C23c4ccccc4CC2(C)Cc2ccccc23)n2ccc(=O)c(OCc3ccccc3)c2C1=O. The van der Waals surface area contributed by atoms with Crippen molar-refractivity contribution < 1.29 is 9.53 Å². The number of fused-ring (bicyclic) bond motifs is 6. The van der Waals surface area contributed by atoms with E-state index in [0.29, 0.717) is 6.67 Å². The summed E-state index contributed by atoms with van der Waals surface area (Å²) in [7, 11) is 0. The molecule has 4 aromatic rings. The van der Waals surface area contributed by atoms with Gasteiger partial charge in [0.2, 0.25) is 5.43 Å². The second kappa shape index (κ2) is 8.85. The number of hydrogen-bond donors (Lipinski definition) is 0. The Morgan fingerprint density at radius 1 is 0.825 bits per heavy atom. The minimum atomic E-state index is -0.533. The fourth-order valence-electron chi connectivity index (χ4n) is 7.45. The van der Waals surface area contributed by atoms with E-state index in [1.165, 1.54) is 28.3 Å². The van der Waals surface area contributed by atoms with Gasteiger partial charge in [0.1, 0.15) is 18.8 Å². The van der Waals surface area contributed by atoms with Gasteiger partial charge in [-0.25, -0.2) is 0 Å². The largest absolute Gasteiger partial charge is 0.482 e. The van der Waals surface area contributed by atoms with Crippen molar-refractivity contribution in [2.24, 2.45) is 5.41 Å². The average Bonchev–Trinajstić information content (AvgIpc) is 3.36. The summed E-state index contributed by atoms with van der Waals surface area (Å²) in [6.45, 7) is 7.02. The molecular formula is C34H33N3O3. The van der Waals surface area contributed by atoms with E-state index in [9.17, 15) is 9.59 Å². The maximum Gasteiger partial charge on any atom is 0.278 e. The van der Waals surface area contributed by atoms with E-state index in [-0.39, 0.29) is 40.8 Å². The number of amides is 1. The number of aromatic nitrogens is 1. The number of carbonyl (C=O) groups excluding carboxylic acids is 1. The lowest BCUT2D eigenvalue weighted by Crippen LogP contribution is -2.66. The van der Waals surface area contributed by atoms with Gasteiger partial charge < -0.3 is 9.64 Å². The third-order valence-electron chi connectivity index (χ3n) is 9.13. The molecule has 202 valence electrons. The summed E-state index contributed by atoms with van der Waals surface area (Å²) < 4.78 is 8.12. The van der Waals surface area contributed by atoms with Crippen molar-refractivity contribution in [2.45, 2.75) is 51.8 Å². The Bertz CT molecular complexity index is 1640. The van der Waals surface area contributed by atoms with Gasteiger partial charge in [-0.15, -0.1) is 0 Å².